The molecule has 2 aromatic carbocycles. The van der Waals surface area contributed by atoms with Gasteiger partial charge in [-0.25, -0.2) is 0 Å². The van der Waals surface area contributed by atoms with Crippen LogP contribution in [0, 0.1) is 13.8 Å². The first kappa shape index (κ1) is 16.9. The molecule has 0 aliphatic heterocycles. The second-order valence-electron chi connectivity index (χ2n) is 6.01. The Balaban J connectivity index is 1.75. The highest BCUT2D eigenvalue weighted by Gasteiger charge is 2.11. The lowest BCUT2D eigenvalue weighted by Crippen LogP contribution is -2.22. The van der Waals surface area contributed by atoms with Crippen LogP contribution in [-0.4, -0.2) is 25.1 Å². The summed E-state index contributed by atoms with van der Waals surface area (Å²) in [5, 5.41) is 4.03. The Bertz CT molecular complexity index is 928. The molecule has 3 aromatic rings. The molecule has 0 aliphatic carbocycles. The third kappa shape index (κ3) is 3.31. The molecule has 130 valence electrons. The molecule has 3 rings (SSSR count). The van der Waals surface area contributed by atoms with Crippen LogP contribution in [0.3, 0.4) is 0 Å². The van der Waals surface area contributed by atoms with Crippen LogP contribution in [0.1, 0.15) is 27.2 Å². The van der Waals surface area contributed by atoms with Crippen molar-refractivity contribution in [1.82, 2.24) is 10.3 Å². The zero-order valence-corrected chi connectivity index (χ0v) is 14.9. The molecule has 5 nitrogen and oxygen atoms in total. The van der Waals surface area contributed by atoms with Crippen molar-refractivity contribution in [2.24, 2.45) is 0 Å². The largest absolute Gasteiger partial charge is 0.493 e. The molecule has 1 amide bonds. The van der Waals surface area contributed by atoms with Gasteiger partial charge >= 0.3 is 0 Å². The molecule has 0 unspecified atom stereocenters. The Hall–Kier alpha value is -2.95. The van der Waals surface area contributed by atoms with Crippen LogP contribution in [-0.2, 0) is 6.54 Å². The molecule has 0 spiro atoms. The summed E-state index contributed by atoms with van der Waals surface area (Å²) in [4.78, 5) is 15.8. The number of nitrogens with one attached hydrogen (secondary N) is 2. The molecule has 0 fully saturated rings. The average Bonchev–Trinajstić information content (AvgIpc) is 2.93. The number of hydrogen-bond donors (Lipinski definition) is 2. The van der Waals surface area contributed by atoms with E-state index in [4.69, 9.17) is 9.47 Å². The summed E-state index contributed by atoms with van der Waals surface area (Å²) in [7, 11) is 3.19. The minimum atomic E-state index is -0.102. The number of benzene rings is 2. The topological polar surface area (TPSA) is 63.3 Å². The second-order valence-corrected chi connectivity index (χ2v) is 6.01. The molecular weight excluding hydrogens is 316 g/mol. The number of hydrogen-bond acceptors (Lipinski definition) is 3. The Morgan fingerprint density at radius 3 is 2.52 bits per heavy atom. The normalized spacial score (nSPS) is 10.7. The number of rotatable bonds is 5. The van der Waals surface area contributed by atoms with Crippen molar-refractivity contribution in [2.45, 2.75) is 20.4 Å². The minimum Gasteiger partial charge on any atom is -0.493 e. The van der Waals surface area contributed by atoms with E-state index in [2.05, 4.69) is 17.2 Å². The molecule has 0 saturated carbocycles. The molecule has 5 heteroatoms. The van der Waals surface area contributed by atoms with Crippen molar-refractivity contribution >= 4 is 16.8 Å². The lowest BCUT2D eigenvalue weighted by Gasteiger charge is -2.10. The number of methoxy groups -OCH3 is 2. The fraction of sp³-hybridized carbons (Fsp3) is 0.250. The summed E-state index contributed by atoms with van der Waals surface area (Å²) >= 11 is 0. The van der Waals surface area contributed by atoms with Crippen molar-refractivity contribution in [2.75, 3.05) is 14.2 Å². The first-order valence-electron chi connectivity index (χ1n) is 8.11. The van der Waals surface area contributed by atoms with E-state index in [-0.39, 0.29) is 5.91 Å². The highest BCUT2D eigenvalue weighted by molar-refractivity contribution is 5.99. The molecule has 0 atom stereocenters. The van der Waals surface area contributed by atoms with Gasteiger partial charge in [-0.3, -0.25) is 4.79 Å². The maximum absolute atomic E-state index is 12.5. The van der Waals surface area contributed by atoms with E-state index in [1.54, 1.807) is 14.2 Å². The van der Waals surface area contributed by atoms with Gasteiger partial charge in [0.05, 0.1) is 14.2 Å². The van der Waals surface area contributed by atoms with Gasteiger partial charge in [-0.1, -0.05) is 6.07 Å². The number of carbonyl (C=O) groups is 1. The zero-order chi connectivity index (χ0) is 18.0. The predicted molar refractivity (Wildman–Crippen MR) is 98.5 cm³/mol. The van der Waals surface area contributed by atoms with E-state index in [0.717, 1.165) is 22.2 Å². The SMILES string of the molecule is COc1ccc(CNC(=O)c2ccc3[nH]c(C)c(C)c3c2)cc1OC. The van der Waals surface area contributed by atoms with E-state index in [1.165, 1.54) is 5.56 Å². The van der Waals surface area contributed by atoms with Crippen LogP contribution < -0.4 is 14.8 Å². The van der Waals surface area contributed by atoms with Crippen LogP contribution >= 0.6 is 0 Å². The summed E-state index contributed by atoms with van der Waals surface area (Å²) in [6, 6.07) is 11.3. The predicted octanol–water partition coefficient (Wildman–Crippen LogP) is 3.73. The van der Waals surface area contributed by atoms with Crippen LogP contribution in [0.5, 0.6) is 11.5 Å². The van der Waals surface area contributed by atoms with Crippen molar-refractivity contribution in [3.05, 3.63) is 58.8 Å². The average molecular weight is 338 g/mol. The highest BCUT2D eigenvalue weighted by Crippen LogP contribution is 2.27. The van der Waals surface area contributed by atoms with Gasteiger partial charge < -0.3 is 19.8 Å². The van der Waals surface area contributed by atoms with Gasteiger partial charge in [0.1, 0.15) is 0 Å². The van der Waals surface area contributed by atoms with E-state index in [0.29, 0.717) is 23.6 Å². The number of aromatic nitrogens is 1. The summed E-state index contributed by atoms with van der Waals surface area (Å²) in [6.07, 6.45) is 0. The fourth-order valence-electron chi connectivity index (χ4n) is 2.88. The standard InChI is InChI=1S/C20H22N2O3/c1-12-13(2)22-17-7-6-15(10-16(12)17)20(23)21-11-14-5-8-18(24-3)19(9-14)25-4/h5-10,22H,11H2,1-4H3,(H,21,23). The Labute approximate surface area is 147 Å². The van der Waals surface area contributed by atoms with E-state index < -0.39 is 0 Å². The fourth-order valence-corrected chi connectivity index (χ4v) is 2.88. The molecule has 2 N–H and O–H groups in total. The Morgan fingerprint density at radius 2 is 1.80 bits per heavy atom. The summed E-state index contributed by atoms with van der Waals surface area (Å²) < 4.78 is 10.5. The molecule has 25 heavy (non-hydrogen) atoms. The van der Waals surface area contributed by atoms with Gasteiger partial charge in [0.15, 0.2) is 11.5 Å². The number of aromatic amines is 1. The lowest BCUT2D eigenvalue weighted by molar-refractivity contribution is 0.0951. The molecule has 0 saturated heterocycles. The van der Waals surface area contributed by atoms with Crippen molar-refractivity contribution < 1.29 is 14.3 Å². The van der Waals surface area contributed by atoms with Gasteiger partial charge in [0.2, 0.25) is 0 Å². The van der Waals surface area contributed by atoms with Gasteiger partial charge in [-0.05, 0) is 55.3 Å². The van der Waals surface area contributed by atoms with Gasteiger partial charge in [0.25, 0.3) is 5.91 Å². The third-order valence-electron chi connectivity index (χ3n) is 4.47. The molecular formula is C20H22N2O3. The maximum atomic E-state index is 12.5. The van der Waals surface area contributed by atoms with Crippen LogP contribution in [0.15, 0.2) is 36.4 Å². The summed E-state index contributed by atoms with van der Waals surface area (Å²) in [5.41, 5.74) is 4.93. The molecule has 1 aromatic heterocycles. The molecule has 0 aliphatic rings. The van der Waals surface area contributed by atoms with E-state index >= 15 is 0 Å². The number of fused-ring (bicyclic) bond motifs is 1. The van der Waals surface area contributed by atoms with Crippen molar-refractivity contribution in [1.29, 1.82) is 0 Å². The van der Waals surface area contributed by atoms with Gasteiger partial charge in [-0.15, -0.1) is 0 Å². The quantitative estimate of drug-likeness (QED) is 0.745. The van der Waals surface area contributed by atoms with Crippen LogP contribution in [0.4, 0.5) is 0 Å². The number of amides is 1. The molecule has 0 bridgehead atoms. The monoisotopic (exact) mass is 338 g/mol. The summed E-state index contributed by atoms with van der Waals surface area (Å²) in [5.74, 6) is 1.21. The smallest absolute Gasteiger partial charge is 0.251 e. The van der Waals surface area contributed by atoms with Crippen molar-refractivity contribution in [3.8, 4) is 11.5 Å². The summed E-state index contributed by atoms with van der Waals surface area (Å²) in [6.45, 7) is 4.51. The number of ether oxygens (including phenoxy) is 2. The first-order valence-corrected chi connectivity index (χ1v) is 8.11. The number of H-pyrrole nitrogens is 1. The minimum absolute atomic E-state index is 0.102. The van der Waals surface area contributed by atoms with Gasteiger partial charge in [-0.2, -0.15) is 0 Å². The Morgan fingerprint density at radius 1 is 1.04 bits per heavy atom. The van der Waals surface area contributed by atoms with Crippen LogP contribution in [0.2, 0.25) is 0 Å². The van der Waals surface area contributed by atoms with E-state index in [9.17, 15) is 4.79 Å². The van der Waals surface area contributed by atoms with Crippen molar-refractivity contribution in [3.63, 3.8) is 0 Å². The molecule has 0 radical (unpaired) electrons. The highest BCUT2D eigenvalue weighted by atomic mass is 16.5. The maximum Gasteiger partial charge on any atom is 0.251 e. The zero-order valence-electron chi connectivity index (χ0n) is 14.9. The number of carbonyl (C=O) groups excluding carboxylic acids is 1. The van der Waals surface area contributed by atoms with Gasteiger partial charge in [0, 0.05) is 28.7 Å². The molecule has 1 heterocycles. The Kier molecular flexibility index (Phi) is 4.65. The number of aryl methyl sites for hydroxylation is 2. The lowest BCUT2D eigenvalue weighted by atomic mass is 10.1. The van der Waals surface area contributed by atoms with E-state index in [1.807, 2.05) is 43.3 Å². The second kappa shape index (κ2) is 6.89. The van der Waals surface area contributed by atoms with Crippen LogP contribution in [0.25, 0.3) is 10.9 Å². The first-order chi connectivity index (χ1) is 12.0. The third-order valence-corrected chi connectivity index (χ3v) is 4.47.